The van der Waals surface area contributed by atoms with Crippen LogP contribution in [-0.4, -0.2) is 76.5 Å². The molecule has 1 amide bonds. The Morgan fingerprint density at radius 1 is 0.925 bits per heavy atom. The zero-order chi connectivity index (χ0) is 38.3. The number of nitrogens with zero attached hydrogens (tertiary/aromatic N) is 1. The van der Waals surface area contributed by atoms with Gasteiger partial charge in [0.05, 0.1) is 25.2 Å². The summed E-state index contributed by atoms with van der Waals surface area (Å²) in [6.45, 7) is 7.45. The Morgan fingerprint density at radius 3 is 1.98 bits per heavy atom. The number of aliphatic carboxylic acids is 1. The Bertz CT molecular complexity index is 1420. The Labute approximate surface area is 322 Å². The summed E-state index contributed by atoms with van der Waals surface area (Å²) in [7, 11) is 1.43. The number of methoxy groups -OCH3 is 1. The molecule has 2 fully saturated rings. The van der Waals surface area contributed by atoms with Crippen molar-refractivity contribution in [1.82, 2.24) is 4.90 Å². The number of carbonyl (C=O) groups is 2. The number of carbonyl (C=O) groups excluding carboxylic acids is 1. The lowest BCUT2D eigenvalue weighted by Crippen LogP contribution is -2.57. The summed E-state index contributed by atoms with van der Waals surface area (Å²) in [6.07, 6.45) is 15.4. The third-order valence-electron chi connectivity index (χ3n) is 10.7. The number of unbranched alkanes of at least 4 members (excludes halogenated alkanes) is 8. The molecule has 0 radical (unpaired) electrons. The zero-order valence-electron chi connectivity index (χ0n) is 32.2. The normalized spacial score (nSPS) is 19.8. The molecule has 2 aliphatic heterocycles. The van der Waals surface area contributed by atoms with Crippen LogP contribution in [0.1, 0.15) is 115 Å². The van der Waals surface area contributed by atoms with Gasteiger partial charge in [0.1, 0.15) is 0 Å². The van der Waals surface area contributed by atoms with E-state index in [1.54, 1.807) is 6.08 Å². The summed E-state index contributed by atoms with van der Waals surface area (Å²) in [5.74, 6) is -4.21. The van der Waals surface area contributed by atoms with E-state index in [1.165, 1.54) is 37.7 Å². The van der Waals surface area contributed by atoms with Crippen molar-refractivity contribution in [1.29, 1.82) is 0 Å². The van der Waals surface area contributed by atoms with Crippen LogP contribution < -0.4 is 0 Å². The Kier molecular flexibility index (Phi) is 16.5. The molecule has 0 spiro atoms. The Balaban J connectivity index is 1.51. The molecule has 9 nitrogen and oxygen atoms in total. The van der Waals surface area contributed by atoms with Crippen molar-refractivity contribution >= 4 is 29.3 Å². The largest absolute Gasteiger partial charge is 0.479 e. The molecule has 292 valence electrons. The van der Waals surface area contributed by atoms with Gasteiger partial charge in [0.2, 0.25) is 5.91 Å². The van der Waals surface area contributed by atoms with Gasteiger partial charge < -0.3 is 29.2 Å². The van der Waals surface area contributed by atoms with E-state index in [4.69, 9.17) is 31.2 Å². The molecule has 3 atom stereocenters. The lowest BCUT2D eigenvalue weighted by molar-refractivity contribution is -0.170. The molecule has 2 aromatic carbocycles. The topological polar surface area (TPSA) is 115 Å². The molecule has 2 aromatic rings. The van der Waals surface area contributed by atoms with Gasteiger partial charge in [-0.15, -0.1) is 0 Å². The third kappa shape index (κ3) is 10.3. The van der Waals surface area contributed by atoms with Crippen molar-refractivity contribution in [3.63, 3.8) is 0 Å². The monoisotopic (exact) mass is 751 g/mol. The highest BCUT2D eigenvalue weighted by molar-refractivity contribution is 7.80. The van der Waals surface area contributed by atoms with E-state index >= 15 is 0 Å². The fourth-order valence-corrected chi connectivity index (χ4v) is 8.27. The number of benzene rings is 2. The number of carboxylic acid groups (broad SMARTS) is 1. The third-order valence-corrected chi connectivity index (χ3v) is 11.0. The molecule has 0 aliphatic carbocycles. The summed E-state index contributed by atoms with van der Waals surface area (Å²) in [5.41, 5.74) is -1.98. The Morgan fingerprint density at radius 2 is 1.47 bits per heavy atom. The number of allylic oxidation sites excluding steroid dienone is 1. The molecule has 2 N–H and O–H groups in total. The second-order valence-corrected chi connectivity index (χ2v) is 15.2. The first-order valence-corrected chi connectivity index (χ1v) is 20.0. The molecule has 0 unspecified atom stereocenters. The van der Waals surface area contributed by atoms with Crippen LogP contribution in [-0.2, 0) is 34.1 Å². The minimum absolute atomic E-state index is 0.0550. The maximum atomic E-state index is 14.8. The van der Waals surface area contributed by atoms with E-state index in [9.17, 15) is 19.8 Å². The first kappa shape index (κ1) is 42.6. The molecule has 0 saturated carbocycles. The number of thiocarbonyl (C=S) groups is 1. The summed E-state index contributed by atoms with van der Waals surface area (Å²) in [5, 5.41) is 22.2. The average Bonchev–Trinajstić information content (AvgIpc) is 3.76. The summed E-state index contributed by atoms with van der Waals surface area (Å²) in [6, 6.07) is 18.6. The maximum absolute atomic E-state index is 14.8. The van der Waals surface area contributed by atoms with Crippen LogP contribution in [0.25, 0.3) is 0 Å². The van der Waals surface area contributed by atoms with E-state index in [-0.39, 0.29) is 24.1 Å². The second kappa shape index (κ2) is 20.5. The lowest BCUT2D eigenvalue weighted by atomic mass is 9.75. The van der Waals surface area contributed by atoms with Crippen molar-refractivity contribution in [2.24, 2.45) is 11.8 Å². The summed E-state index contributed by atoms with van der Waals surface area (Å²) >= 11 is 5.83. The molecule has 2 heterocycles. The maximum Gasteiger partial charge on any atom is 0.336 e. The number of hydrogen-bond donors (Lipinski definition) is 2. The van der Waals surface area contributed by atoms with Crippen LogP contribution in [0, 0.1) is 11.8 Å². The lowest BCUT2D eigenvalue weighted by Gasteiger charge is -2.39. The second-order valence-electron chi connectivity index (χ2n) is 14.8. The Hall–Kier alpha value is -3.15. The van der Waals surface area contributed by atoms with E-state index in [0.29, 0.717) is 19.6 Å². The van der Waals surface area contributed by atoms with Gasteiger partial charge in [0, 0.05) is 44.1 Å². The van der Waals surface area contributed by atoms with Crippen molar-refractivity contribution < 1.29 is 38.7 Å². The van der Waals surface area contributed by atoms with Crippen LogP contribution in [0.15, 0.2) is 72.8 Å². The van der Waals surface area contributed by atoms with E-state index in [2.05, 4.69) is 6.92 Å². The number of hydrogen-bond acceptors (Lipinski definition) is 8. The highest BCUT2D eigenvalue weighted by Crippen LogP contribution is 2.48. The van der Waals surface area contributed by atoms with Gasteiger partial charge in [-0.2, -0.15) is 0 Å². The quantitative estimate of drug-likeness (QED) is 0.0655. The molecule has 0 aromatic heterocycles. The number of carboxylic acids is 1. The van der Waals surface area contributed by atoms with E-state index in [0.717, 1.165) is 56.1 Å². The predicted molar refractivity (Wildman–Crippen MR) is 210 cm³/mol. The van der Waals surface area contributed by atoms with Crippen molar-refractivity contribution in [2.45, 2.75) is 127 Å². The van der Waals surface area contributed by atoms with E-state index in [1.807, 2.05) is 80.6 Å². The summed E-state index contributed by atoms with van der Waals surface area (Å²) < 4.78 is 24.0. The molecular weight excluding hydrogens is 691 g/mol. The van der Waals surface area contributed by atoms with Gasteiger partial charge >= 0.3 is 5.97 Å². The molecule has 10 heteroatoms. The van der Waals surface area contributed by atoms with Gasteiger partial charge in [-0.3, -0.25) is 9.69 Å². The molecule has 4 rings (SSSR count). The van der Waals surface area contributed by atoms with Crippen LogP contribution in [0.2, 0.25) is 0 Å². The number of ether oxygens (including phenoxy) is 4. The smallest absolute Gasteiger partial charge is 0.336 e. The minimum Gasteiger partial charge on any atom is -0.479 e. The fraction of sp³-hybridized carbons (Fsp3) is 0.605. The molecule has 0 bridgehead atoms. The van der Waals surface area contributed by atoms with Crippen molar-refractivity contribution in [3.8, 4) is 0 Å². The fourth-order valence-electron chi connectivity index (χ4n) is 7.93. The van der Waals surface area contributed by atoms with Crippen LogP contribution in [0.4, 0.5) is 0 Å². The summed E-state index contributed by atoms with van der Waals surface area (Å²) in [4.78, 5) is 29.1. The van der Waals surface area contributed by atoms with Gasteiger partial charge in [-0.25, -0.2) is 4.79 Å². The molecular formula is C43H61NO8S. The SMILES string of the molecule is CCCCCCCC1(CCCCCCC=C[C@H](C(=O)N2C(=S)OC(c3ccccc3)(c3ccccc3)[C@@H]2C(C)C)[C@@](O)(CCOC)C(=O)O)OCCO1. The van der Waals surface area contributed by atoms with Gasteiger partial charge in [-0.05, 0) is 43.8 Å². The highest BCUT2D eigenvalue weighted by atomic mass is 32.1. The number of aliphatic hydroxyl groups is 1. The van der Waals surface area contributed by atoms with Crippen LogP contribution in [0.3, 0.4) is 0 Å². The highest BCUT2D eigenvalue weighted by Gasteiger charge is 2.60. The van der Waals surface area contributed by atoms with E-state index < -0.39 is 40.8 Å². The molecule has 53 heavy (non-hydrogen) atoms. The molecule has 2 aliphatic rings. The van der Waals surface area contributed by atoms with Gasteiger partial charge in [-0.1, -0.05) is 132 Å². The standard InChI is InChI=1S/C43H61NO8S/c1-5-6-7-11-20-27-41(50-31-32-51-41)28-21-12-9-8-10-19-26-36(42(48,39(46)47)29-30-49-4)38(45)44-37(33(2)3)43(52-40(44)53,34-22-15-13-16-23-34)35-24-17-14-18-25-35/h13-19,22-26,33,36-37,48H,5-12,20-21,27-32H2,1-4H3,(H,46,47)/t36-,37+,42+/m1/s1. The predicted octanol–water partition coefficient (Wildman–Crippen LogP) is 8.57. The number of amides is 1. The van der Waals surface area contributed by atoms with Crippen molar-refractivity contribution in [3.05, 3.63) is 83.9 Å². The van der Waals surface area contributed by atoms with Crippen molar-refractivity contribution in [2.75, 3.05) is 26.9 Å². The average molecular weight is 752 g/mol. The van der Waals surface area contributed by atoms with Crippen LogP contribution >= 0.6 is 12.2 Å². The first-order chi connectivity index (χ1) is 25.6. The number of rotatable bonds is 23. The van der Waals surface area contributed by atoms with Gasteiger partial charge in [0.15, 0.2) is 17.0 Å². The first-order valence-electron chi connectivity index (χ1n) is 19.6. The minimum atomic E-state index is -2.45. The molecule has 2 saturated heterocycles. The zero-order valence-corrected chi connectivity index (χ0v) is 33.0. The van der Waals surface area contributed by atoms with Gasteiger partial charge in [0.25, 0.3) is 5.17 Å². The van der Waals surface area contributed by atoms with Crippen LogP contribution in [0.5, 0.6) is 0 Å².